The molecule has 1 heterocycles. The standard InChI is InChI=1S/C15H21NO2/c1-12(13-7-3-2-4-8-13)15(17)18-11-14-9-5-6-10-16-14/h5-6,9-10,12-13H,2-4,7-8,11H2,1H3. The molecule has 1 saturated carbocycles. The molecule has 0 N–H and O–H groups in total. The van der Waals surface area contributed by atoms with Gasteiger partial charge in [0.25, 0.3) is 0 Å². The molecule has 1 aliphatic carbocycles. The predicted molar refractivity (Wildman–Crippen MR) is 69.8 cm³/mol. The molecule has 0 aliphatic heterocycles. The summed E-state index contributed by atoms with van der Waals surface area (Å²) in [5.41, 5.74) is 0.807. The minimum absolute atomic E-state index is 0.0222. The van der Waals surface area contributed by atoms with E-state index in [1.54, 1.807) is 6.20 Å². The molecule has 1 fully saturated rings. The molecule has 1 aromatic rings. The number of hydrogen-bond acceptors (Lipinski definition) is 3. The van der Waals surface area contributed by atoms with Gasteiger partial charge in [-0.05, 0) is 30.9 Å². The molecule has 0 amide bonds. The van der Waals surface area contributed by atoms with Gasteiger partial charge in [-0.15, -0.1) is 0 Å². The first-order chi connectivity index (χ1) is 8.77. The van der Waals surface area contributed by atoms with Gasteiger partial charge in [0, 0.05) is 6.20 Å². The number of aromatic nitrogens is 1. The second-order valence-corrected chi connectivity index (χ2v) is 5.12. The number of nitrogens with zero attached hydrogens (tertiary/aromatic N) is 1. The van der Waals surface area contributed by atoms with Gasteiger partial charge in [-0.2, -0.15) is 0 Å². The minimum atomic E-state index is -0.0763. The quantitative estimate of drug-likeness (QED) is 0.766. The van der Waals surface area contributed by atoms with Crippen LogP contribution in [0.4, 0.5) is 0 Å². The SMILES string of the molecule is CC(C(=O)OCc1ccccn1)C1CCCCC1. The van der Waals surface area contributed by atoms with E-state index in [9.17, 15) is 4.79 Å². The van der Waals surface area contributed by atoms with Crippen molar-refractivity contribution in [1.29, 1.82) is 0 Å². The van der Waals surface area contributed by atoms with Crippen molar-refractivity contribution in [2.45, 2.75) is 45.6 Å². The number of pyridine rings is 1. The molecule has 2 rings (SSSR count). The summed E-state index contributed by atoms with van der Waals surface area (Å²) in [6, 6.07) is 5.63. The van der Waals surface area contributed by atoms with E-state index >= 15 is 0 Å². The molecule has 0 saturated heterocycles. The summed E-state index contributed by atoms with van der Waals surface area (Å²) in [4.78, 5) is 16.1. The molecular formula is C15H21NO2. The van der Waals surface area contributed by atoms with Gasteiger partial charge in [0.2, 0.25) is 0 Å². The van der Waals surface area contributed by atoms with E-state index < -0.39 is 0 Å². The first kappa shape index (κ1) is 13.1. The summed E-state index contributed by atoms with van der Waals surface area (Å²) >= 11 is 0. The van der Waals surface area contributed by atoms with Gasteiger partial charge in [-0.25, -0.2) is 0 Å². The zero-order valence-corrected chi connectivity index (χ0v) is 11.0. The Kier molecular flexibility index (Phi) is 4.73. The molecule has 3 nitrogen and oxygen atoms in total. The predicted octanol–water partition coefficient (Wildman–Crippen LogP) is 3.34. The zero-order chi connectivity index (χ0) is 12.8. The first-order valence-corrected chi connectivity index (χ1v) is 6.84. The summed E-state index contributed by atoms with van der Waals surface area (Å²) in [7, 11) is 0. The third-order valence-corrected chi connectivity index (χ3v) is 3.82. The van der Waals surface area contributed by atoms with Gasteiger partial charge in [0.15, 0.2) is 0 Å². The molecule has 0 spiro atoms. The van der Waals surface area contributed by atoms with Crippen molar-refractivity contribution in [2.75, 3.05) is 0 Å². The second-order valence-electron chi connectivity index (χ2n) is 5.12. The van der Waals surface area contributed by atoms with Crippen LogP contribution in [-0.2, 0) is 16.1 Å². The van der Waals surface area contributed by atoms with Crippen molar-refractivity contribution < 1.29 is 9.53 Å². The molecule has 1 unspecified atom stereocenters. The number of ether oxygens (including phenoxy) is 1. The van der Waals surface area contributed by atoms with Crippen LogP contribution >= 0.6 is 0 Å². The summed E-state index contributed by atoms with van der Waals surface area (Å²) < 4.78 is 5.34. The van der Waals surface area contributed by atoms with E-state index in [1.807, 2.05) is 25.1 Å². The Morgan fingerprint density at radius 1 is 1.39 bits per heavy atom. The van der Waals surface area contributed by atoms with Gasteiger partial charge in [-0.3, -0.25) is 9.78 Å². The van der Waals surface area contributed by atoms with Crippen LogP contribution in [0.1, 0.15) is 44.7 Å². The molecule has 18 heavy (non-hydrogen) atoms. The smallest absolute Gasteiger partial charge is 0.309 e. The Labute approximate surface area is 109 Å². The Balaban J connectivity index is 1.80. The van der Waals surface area contributed by atoms with Crippen LogP contribution in [0, 0.1) is 11.8 Å². The van der Waals surface area contributed by atoms with Crippen molar-refractivity contribution in [3.63, 3.8) is 0 Å². The van der Waals surface area contributed by atoms with E-state index in [0.29, 0.717) is 5.92 Å². The maximum absolute atomic E-state index is 12.0. The highest BCUT2D eigenvalue weighted by atomic mass is 16.5. The molecule has 0 radical (unpaired) electrons. The number of rotatable bonds is 4. The molecular weight excluding hydrogens is 226 g/mol. The fraction of sp³-hybridized carbons (Fsp3) is 0.600. The van der Waals surface area contributed by atoms with E-state index in [1.165, 1.54) is 32.1 Å². The molecule has 0 aromatic carbocycles. The van der Waals surface area contributed by atoms with E-state index in [4.69, 9.17) is 4.74 Å². The third kappa shape index (κ3) is 3.56. The zero-order valence-electron chi connectivity index (χ0n) is 11.0. The average Bonchev–Trinajstić information content (AvgIpc) is 2.46. The lowest BCUT2D eigenvalue weighted by Crippen LogP contribution is -2.25. The highest BCUT2D eigenvalue weighted by molar-refractivity contribution is 5.72. The highest BCUT2D eigenvalue weighted by Gasteiger charge is 2.26. The van der Waals surface area contributed by atoms with Crippen molar-refractivity contribution in [3.8, 4) is 0 Å². The van der Waals surface area contributed by atoms with Crippen LogP contribution in [0.5, 0.6) is 0 Å². The Hall–Kier alpha value is -1.38. The molecule has 3 heteroatoms. The number of hydrogen-bond donors (Lipinski definition) is 0. The number of esters is 1. The maximum atomic E-state index is 12.0. The van der Waals surface area contributed by atoms with E-state index in [-0.39, 0.29) is 18.5 Å². The molecule has 1 atom stereocenters. The lowest BCUT2D eigenvalue weighted by Gasteiger charge is -2.26. The minimum Gasteiger partial charge on any atom is -0.459 e. The Morgan fingerprint density at radius 2 is 2.17 bits per heavy atom. The molecule has 0 bridgehead atoms. The summed E-state index contributed by atoms with van der Waals surface area (Å²) in [5.74, 6) is 0.455. The first-order valence-electron chi connectivity index (χ1n) is 6.84. The Morgan fingerprint density at radius 3 is 2.83 bits per heavy atom. The number of carbonyl (C=O) groups is 1. The van der Waals surface area contributed by atoms with Gasteiger partial charge < -0.3 is 4.74 Å². The Bertz CT molecular complexity index is 371. The van der Waals surface area contributed by atoms with Crippen LogP contribution in [0.2, 0.25) is 0 Å². The van der Waals surface area contributed by atoms with E-state index in [2.05, 4.69) is 4.98 Å². The lowest BCUT2D eigenvalue weighted by atomic mass is 9.81. The van der Waals surface area contributed by atoms with Crippen molar-refractivity contribution in [3.05, 3.63) is 30.1 Å². The molecule has 1 aliphatic rings. The van der Waals surface area contributed by atoms with Gasteiger partial charge in [-0.1, -0.05) is 32.3 Å². The lowest BCUT2D eigenvalue weighted by molar-refractivity contribution is -0.151. The molecule has 98 valence electrons. The highest BCUT2D eigenvalue weighted by Crippen LogP contribution is 2.30. The fourth-order valence-corrected chi connectivity index (χ4v) is 2.59. The summed E-state index contributed by atoms with van der Waals surface area (Å²) in [6.45, 7) is 2.29. The number of carbonyl (C=O) groups excluding carboxylic acids is 1. The second kappa shape index (κ2) is 6.53. The van der Waals surface area contributed by atoms with Crippen molar-refractivity contribution in [1.82, 2.24) is 4.98 Å². The van der Waals surface area contributed by atoms with Gasteiger partial charge in [0.05, 0.1) is 11.6 Å². The summed E-state index contributed by atoms with van der Waals surface area (Å²) in [5, 5.41) is 0. The van der Waals surface area contributed by atoms with Crippen molar-refractivity contribution in [2.24, 2.45) is 11.8 Å². The average molecular weight is 247 g/mol. The van der Waals surface area contributed by atoms with Crippen LogP contribution in [0.3, 0.4) is 0 Å². The molecule has 1 aromatic heterocycles. The van der Waals surface area contributed by atoms with Crippen LogP contribution in [0.15, 0.2) is 24.4 Å². The van der Waals surface area contributed by atoms with Crippen LogP contribution < -0.4 is 0 Å². The summed E-state index contributed by atoms with van der Waals surface area (Å²) in [6.07, 6.45) is 7.87. The van der Waals surface area contributed by atoms with Crippen molar-refractivity contribution >= 4 is 5.97 Å². The van der Waals surface area contributed by atoms with Gasteiger partial charge >= 0.3 is 5.97 Å². The topological polar surface area (TPSA) is 39.2 Å². The monoisotopic (exact) mass is 247 g/mol. The largest absolute Gasteiger partial charge is 0.459 e. The van der Waals surface area contributed by atoms with Crippen LogP contribution in [0.25, 0.3) is 0 Å². The normalized spacial score (nSPS) is 18.3. The van der Waals surface area contributed by atoms with Crippen LogP contribution in [-0.4, -0.2) is 11.0 Å². The van der Waals surface area contributed by atoms with Gasteiger partial charge in [0.1, 0.15) is 6.61 Å². The van der Waals surface area contributed by atoms with E-state index in [0.717, 1.165) is 5.69 Å². The third-order valence-electron chi connectivity index (χ3n) is 3.82. The fourth-order valence-electron chi connectivity index (χ4n) is 2.59. The maximum Gasteiger partial charge on any atom is 0.309 e.